The number of benzene rings is 3. The van der Waals surface area contributed by atoms with E-state index < -0.39 is 0 Å². The minimum absolute atomic E-state index is 0.171. The molecule has 1 amide bonds. The van der Waals surface area contributed by atoms with Crippen LogP contribution in [0.4, 0.5) is 5.69 Å². The number of hydrogen-bond donors (Lipinski definition) is 0. The molecule has 3 aromatic rings. The number of nitrogens with zero attached hydrogens (tertiary/aromatic N) is 1. The van der Waals surface area contributed by atoms with Gasteiger partial charge in [0.15, 0.2) is 5.78 Å². The van der Waals surface area contributed by atoms with Crippen LogP contribution in [0.15, 0.2) is 84.9 Å². The average molecular weight is 374 g/mol. The Morgan fingerprint density at radius 3 is 2.44 bits per heavy atom. The van der Waals surface area contributed by atoms with E-state index in [0.717, 1.165) is 16.8 Å². The predicted octanol–water partition coefficient (Wildman–Crippen LogP) is 5.15. The van der Waals surface area contributed by atoms with Gasteiger partial charge in [-0.1, -0.05) is 72.3 Å². The molecule has 0 spiro atoms. The smallest absolute Gasteiger partial charge is 0.259 e. The summed E-state index contributed by atoms with van der Waals surface area (Å²) in [5.74, 6) is -0.410. The Kier molecular flexibility index (Phi) is 4.61. The summed E-state index contributed by atoms with van der Waals surface area (Å²) in [6.45, 7) is 0.458. The fourth-order valence-corrected chi connectivity index (χ4v) is 3.42. The minimum atomic E-state index is -0.239. The van der Waals surface area contributed by atoms with Crippen LogP contribution < -0.4 is 4.90 Å². The molecule has 3 nitrogen and oxygen atoms in total. The standard InChI is InChI=1S/C23H16ClNO2/c24-18-10-6-9-17(13-18)22(26)14-20-19-11-4-5-12-21(19)25(23(20)27)15-16-7-2-1-3-8-16/h1-14H,15H2/b20-14+. The molecule has 0 aliphatic carbocycles. The summed E-state index contributed by atoms with van der Waals surface area (Å²) in [4.78, 5) is 27.5. The van der Waals surface area contributed by atoms with Crippen molar-refractivity contribution in [1.29, 1.82) is 0 Å². The first-order valence-corrected chi connectivity index (χ1v) is 8.98. The van der Waals surface area contributed by atoms with Crippen molar-refractivity contribution < 1.29 is 9.59 Å². The predicted molar refractivity (Wildman–Crippen MR) is 108 cm³/mol. The third-order valence-electron chi connectivity index (χ3n) is 4.53. The van der Waals surface area contributed by atoms with Crippen molar-refractivity contribution in [3.05, 3.63) is 107 Å². The first kappa shape index (κ1) is 17.3. The van der Waals surface area contributed by atoms with E-state index in [9.17, 15) is 9.59 Å². The molecule has 0 saturated carbocycles. The van der Waals surface area contributed by atoms with Crippen molar-refractivity contribution in [2.24, 2.45) is 0 Å². The van der Waals surface area contributed by atoms with Crippen LogP contribution in [-0.2, 0) is 11.3 Å². The van der Waals surface area contributed by atoms with Gasteiger partial charge in [-0.3, -0.25) is 9.59 Å². The molecule has 3 aromatic carbocycles. The lowest BCUT2D eigenvalue weighted by Crippen LogP contribution is -2.25. The topological polar surface area (TPSA) is 37.4 Å². The van der Waals surface area contributed by atoms with Crippen LogP contribution in [0.5, 0.6) is 0 Å². The van der Waals surface area contributed by atoms with Crippen molar-refractivity contribution in [3.8, 4) is 0 Å². The van der Waals surface area contributed by atoms with Gasteiger partial charge >= 0.3 is 0 Å². The molecule has 132 valence electrons. The zero-order valence-corrected chi connectivity index (χ0v) is 15.2. The second kappa shape index (κ2) is 7.22. The fourth-order valence-electron chi connectivity index (χ4n) is 3.23. The fraction of sp³-hybridized carbons (Fsp3) is 0.0435. The van der Waals surface area contributed by atoms with Gasteiger partial charge < -0.3 is 4.90 Å². The number of amides is 1. The number of carbonyl (C=O) groups is 2. The molecule has 0 aromatic heterocycles. The van der Waals surface area contributed by atoms with E-state index in [2.05, 4.69) is 0 Å². The maximum absolute atomic E-state index is 13.1. The summed E-state index contributed by atoms with van der Waals surface area (Å²) < 4.78 is 0. The van der Waals surface area contributed by atoms with Crippen LogP contribution >= 0.6 is 11.6 Å². The van der Waals surface area contributed by atoms with Crippen LogP contribution in [0.1, 0.15) is 21.5 Å². The van der Waals surface area contributed by atoms with Gasteiger partial charge in [0.1, 0.15) is 0 Å². The molecule has 0 saturated heterocycles. The molecule has 0 bridgehead atoms. The second-order valence-electron chi connectivity index (χ2n) is 6.33. The largest absolute Gasteiger partial charge is 0.303 e. The highest BCUT2D eigenvalue weighted by Gasteiger charge is 2.32. The highest BCUT2D eigenvalue weighted by molar-refractivity contribution is 6.36. The van der Waals surface area contributed by atoms with E-state index in [-0.39, 0.29) is 11.7 Å². The monoisotopic (exact) mass is 373 g/mol. The number of allylic oxidation sites excluding steroid dienone is 1. The maximum Gasteiger partial charge on any atom is 0.259 e. The summed E-state index contributed by atoms with van der Waals surface area (Å²) in [5, 5.41) is 0.489. The first-order valence-electron chi connectivity index (χ1n) is 8.60. The Balaban J connectivity index is 1.72. The van der Waals surface area contributed by atoms with Gasteiger partial charge in [0.05, 0.1) is 17.8 Å². The summed E-state index contributed by atoms with van der Waals surface area (Å²) in [7, 11) is 0. The zero-order chi connectivity index (χ0) is 18.8. The van der Waals surface area contributed by atoms with Gasteiger partial charge in [0, 0.05) is 16.1 Å². The number of para-hydroxylation sites is 1. The lowest BCUT2D eigenvalue weighted by molar-refractivity contribution is -0.113. The van der Waals surface area contributed by atoms with E-state index >= 15 is 0 Å². The third-order valence-corrected chi connectivity index (χ3v) is 4.76. The normalized spacial score (nSPS) is 14.5. The van der Waals surface area contributed by atoms with E-state index in [1.54, 1.807) is 29.2 Å². The van der Waals surface area contributed by atoms with Crippen LogP contribution in [0, 0.1) is 0 Å². The molecule has 1 aliphatic rings. The molecule has 1 heterocycles. The van der Waals surface area contributed by atoms with Gasteiger partial charge in [0.25, 0.3) is 5.91 Å². The van der Waals surface area contributed by atoms with Gasteiger partial charge in [0.2, 0.25) is 0 Å². The molecule has 0 N–H and O–H groups in total. The van der Waals surface area contributed by atoms with Gasteiger partial charge in [-0.15, -0.1) is 0 Å². The average Bonchev–Trinajstić information content (AvgIpc) is 2.95. The first-order chi connectivity index (χ1) is 13.1. The number of hydrogen-bond acceptors (Lipinski definition) is 2. The number of halogens is 1. The Morgan fingerprint density at radius 1 is 0.926 bits per heavy atom. The molecule has 0 unspecified atom stereocenters. The second-order valence-corrected chi connectivity index (χ2v) is 6.76. The van der Waals surface area contributed by atoms with E-state index in [1.165, 1.54) is 6.08 Å². The summed E-state index contributed by atoms with van der Waals surface area (Å²) in [5.41, 5.74) is 3.49. The highest BCUT2D eigenvalue weighted by atomic mass is 35.5. The number of fused-ring (bicyclic) bond motifs is 1. The Morgan fingerprint density at radius 2 is 1.67 bits per heavy atom. The molecule has 1 aliphatic heterocycles. The van der Waals surface area contributed by atoms with Crippen molar-refractivity contribution in [3.63, 3.8) is 0 Å². The number of rotatable bonds is 4. The summed E-state index contributed by atoms with van der Waals surface area (Å²) in [6.07, 6.45) is 1.41. The SMILES string of the molecule is O=C(/C=C1/C(=O)N(Cc2ccccc2)c2ccccc21)c1cccc(Cl)c1. The number of carbonyl (C=O) groups excluding carboxylic acids is 2. The van der Waals surface area contributed by atoms with Crippen molar-refractivity contribution in [2.45, 2.75) is 6.54 Å². The van der Waals surface area contributed by atoms with Crippen LogP contribution in [0.2, 0.25) is 5.02 Å². The van der Waals surface area contributed by atoms with Gasteiger partial charge in [-0.2, -0.15) is 0 Å². The molecule has 0 radical (unpaired) electrons. The van der Waals surface area contributed by atoms with Crippen molar-refractivity contribution in [1.82, 2.24) is 0 Å². The van der Waals surface area contributed by atoms with E-state index in [0.29, 0.717) is 22.7 Å². The Hall–Kier alpha value is -3.17. The molecule has 4 rings (SSSR count). The van der Waals surface area contributed by atoms with Crippen LogP contribution in [-0.4, -0.2) is 11.7 Å². The summed E-state index contributed by atoms with van der Waals surface area (Å²) >= 11 is 5.98. The van der Waals surface area contributed by atoms with Gasteiger partial charge in [-0.25, -0.2) is 0 Å². The quantitative estimate of drug-likeness (QED) is 0.468. The van der Waals surface area contributed by atoms with Gasteiger partial charge in [-0.05, 0) is 29.8 Å². The van der Waals surface area contributed by atoms with Crippen molar-refractivity contribution >= 4 is 34.6 Å². The van der Waals surface area contributed by atoms with Crippen LogP contribution in [0.25, 0.3) is 5.57 Å². The van der Waals surface area contributed by atoms with E-state index in [1.807, 2.05) is 54.6 Å². The molecule has 4 heteroatoms. The molecule has 0 fully saturated rings. The minimum Gasteiger partial charge on any atom is -0.303 e. The zero-order valence-electron chi connectivity index (χ0n) is 14.4. The van der Waals surface area contributed by atoms with Crippen LogP contribution in [0.3, 0.4) is 0 Å². The Labute approximate surface area is 162 Å². The number of anilines is 1. The van der Waals surface area contributed by atoms with Crippen molar-refractivity contribution in [2.75, 3.05) is 4.90 Å². The highest BCUT2D eigenvalue weighted by Crippen LogP contribution is 2.37. The maximum atomic E-state index is 13.1. The Bertz CT molecular complexity index is 1060. The molecule has 27 heavy (non-hydrogen) atoms. The third kappa shape index (κ3) is 3.42. The molecule has 0 atom stereocenters. The lowest BCUT2D eigenvalue weighted by Gasteiger charge is -2.17. The molecular formula is C23H16ClNO2. The summed E-state index contributed by atoms with van der Waals surface area (Å²) in [6, 6.07) is 24.1. The lowest BCUT2D eigenvalue weighted by atomic mass is 10.0. The number of ketones is 1. The molecular weight excluding hydrogens is 358 g/mol. The van der Waals surface area contributed by atoms with E-state index in [4.69, 9.17) is 11.6 Å².